The second-order valence-electron chi connectivity index (χ2n) is 5.96. The highest BCUT2D eigenvalue weighted by Gasteiger charge is 2.00. The SMILES string of the molecule is CN=C(NCc1ccc(Cl)cc1)NCc1ccc(CN(C)C)cc1.I. The first-order valence-corrected chi connectivity index (χ1v) is 8.36. The minimum absolute atomic E-state index is 0. The first kappa shape index (κ1) is 21.7. The molecule has 2 rings (SSSR count). The Labute approximate surface area is 172 Å². The van der Waals surface area contributed by atoms with Gasteiger partial charge in [0.15, 0.2) is 5.96 Å². The van der Waals surface area contributed by atoms with Gasteiger partial charge in [0.25, 0.3) is 0 Å². The van der Waals surface area contributed by atoms with Crippen LogP contribution < -0.4 is 10.6 Å². The van der Waals surface area contributed by atoms with Crippen LogP contribution in [-0.2, 0) is 19.6 Å². The van der Waals surface area contributed by atoms with E-state index in [9.17, 15) is 0 Å². The van der Waals surface area contributed by atoms with Crippen molar-refractivity contribution >= 4 is 41.5 Å². The van der Waals surface area contributed by atoms with Gasteiger partial charge in [-0.05, 0) is 42.9 Å². The minimum Gasteiger partial charge on any atom is -0.352 e. The Balaban J connectivity index is 0.00000312. The van der Waals surface area contributed by atoms with E-state index in [1.54, 1.807) is 7.05 Å². The van der Waals surface area contributed by atoms with Crippen LogP contribution in [-0.4, -0.2) is 32.0 Å². The zero-order chi connectivity index (χ0) is 17.4. The maximum atomic E-state index is 5.90. The molecule has 136 valence electrons. The Hall–Kier alpha value is -1.31. The third kappa shape index (κ3) is 8.07. The van der Waals surface area contributed by atoms with Gasteiger partial charge in [0.1, 0.15) is 0 Å². The third-order valence-electron chi connectivity index (χ3n) is 3.58. The third-order valence-corrected chi connectivity index (χ3v) is 3.83. The van der Waals surface area contributed by atoms with Crippen molar-refractivity contribution in [2.24, 2.45) is 4.99 Å². The highest BCUT2D eigenvalue weighted by molar-refractivity contribution is 14.0. The van der Waals surface area contributed by atoms with Gasteiger partial charge in [-0.2, -0.15) is 0 Å². The smallest absolute Gasteiger partial charge is 0.191 e. The van der Waals surface area contributed by atoms with Gasteiger partial charge < -0.3 is 15.5 Å². The molecule has 6 heteroatoms. The van der Waals surface area contributed by atoms with Crippen molar-refractivity contribution in [3.05, 3.63) is 70.2 Å². The monoisotopic (exact) mass is 472 g/mol. The number of nitrogens with one attached hydrogen (secondary N) is 2. The van der Waals surface area contributed by atoms with E-state index >= 15 is 0 Å². The number of hydrogen-bond donors (Lipinski definition) is 2. The zero-order valence-electron chi connectivity index (χ0n) is 14.9. The van der Waals surface area contributed by atoms with Gasteiger partial charge >= 0.3 is 0 Å². The molecular formula is C19H26ClIN4. The molecule has 0 aromatic heterocycles. The quantitative estimate of drug-likeness (QED) is 0.381. The van der Waals surface area contributed by atoms with Gasteiger partial charge in [-0.1, -0.05) is 48.0 Å². The lowest BCUT2D eigenvalue weighted by Crippen LogP contribution is -2.36. The van der Waals surface area contributed by atoms with Gasteiger partial charge in [-0.3, -0.25) is 4.99 Å². The van der Waals surface area contributed by atoms with Gasteiger partial charge in [-0.25, -0.2) is 0 Å². The fourth-order valence-electron chi connectivity index (χ4n) is 2.32. The zero-order valence-corrected chi connectivity index (χ0v) is 18.0. The molecule has 0 saturated heterocycles. The number of halogens is 2. The fraction of sp³-hybridized carbons (Fsp3) is 0.316. The van der Waals surface area contributed by atoms with Crippen molar-refractivity contribution in [3.63, 3.8) is 0 Å². The van der Waals surface area contributed by atoms with E-state index in [1.165, 1.54) is 11.1 Å². The molecule has 2 N–H and O–H groups in total. The predicted molar refractivity (Wildman–Crippen MR) is 118 cm³/mol. The number of hydrogen-bond acceptors (Lipinski definition) is 2. The summed E-state index contributed by atoms with van der Waals surface area (Å²) in [5.41, 5.74) is 3.70. The Morgan fingerprint density at radius 3 is 1.76 bits per heavy atom. The molecule has 0 bridgehead atoms. The number of guanidine groups is 1. The van der Waals surface area contributed by atoms with Crippen molar-refractivity contribution in [2.75, 3.05) is 21.1 Å². The van der Waals surface area contributed by atoms with E-state index < -0.39 is 0 Å². The molecule has 0 radical (unpaired) electrons. The molecule has 0 unspecified atom stereocenters. The topological polar surface area (TPSA) is 39.7 Å². The molecule has 25 heavy (non-hydrogen) atoms. The summed E-state index contributed by atoms with van der Waals surface area (Å²) in [4.78, 5) is 6.42. The van der Waals surface area contributed by atoms with E-state index in [0.29, 0.717) is 6.54 Å². The second-order valence-corrected chi connectivity index (χ2v) is 6.40. The number of benzene rings is 2. The first-order chi connectivity index (χ1) is 11.6. The summed E-state index contributed by atoms with van der Waals surface area (Å²) in [7, 11) is 5.93. The van der Waals surface area contributed by atoms with Crippen LogP contribution in [0.3, 0.4) is 0 Å². The average Bonchev–Trinajstić information content (AvgIpc) is 2.57. The van der Waals surface area contributed by atoms with Gasteiger partial charge in [0.2, 0.25) is 0 Å². The van der Waals surface area contributed by atoms with E-state index in [-0.39, 0.29) is 24.0 Å². The fourth-order valence-corrected chi connectivity index (χ4v) is 2.45. The van der Waals surface area contributed by atoms with Crippen molar-refractivity contribution in [3.8, 4) is 0 Å². The van der Waals surface area contributed by atoms with Crippen LogP contribution in [0.5, 0.6) is 0 Å². The molecule has 0 saturated carbocycles. The van der Waals surface area contributed by atoms with E-state index in [0.717, 1.165) is 29.6 Å². The minimum atomic E-state index is 0. The largest absolute Gasteiger partial charge is 0.352 e. The highest BCUT2D eigenvalue weighted by atomic mass is 127. The summed E-state index contributed by atoms with van der Waals surface area (Å²) < 4.78 is 0. The number of nitrogens with zero attached hydrogens (tertiary/aromatic N) is 2. The van der Waals surface area contributed by atoms with Gasteiger partial charge in [0.05, 0.1) is 0 Å². The molecule has 0 atom stereocenters. The van der Waals surface area contributed by atoms with E-state index in [4.69, 9.17) is 11.6 Å². The molecule has 4 nitrogen and oxygen atoms in total. The Bertz CT molecular complexity index is 654. The molecule has 0 aliphatic heterocycles. The van der Waals surface area contributed by atoms with Crippen LogP contribution in [0.2, 0.25) is 5.02 Å². The lowest BCUT2D eigenvalue weighted by Gasteiger charge is -2.13. The van der Waals surface area contributed by atoms with Crippen molar-refractivity contribution < 1.29 is 0 Å². The molecule has 0 spiro atoms. The highest BCUT2D eigenvalue weighted by Crippen LogP contribution is 2.09. The standard InChI is InChI=1S/C19H25ClN4.HI/c1-21-19(23-13-16-8-10-18(20)11-9-16)22-12-15-4-6-17(7-5-15)14-24(2)3;/h4-11H,12-14H2,1-3H3,(H2,21,22,23);1H. The molecule has 0 amide bonds. The lowest BCUT2D eigenvalue weighted by atomic mass is 10.1. The maximum Gasteiger partial charge on any atom is 0.191 e. The molecule has 2 aromatic carbocycles. The first-order valence-electron chi connectivity index (χ1n) is 7.98. The summed E-state index contributed by atoms with van der Waals surface area (Å²) in [6.07, 6.45) is 0. The molecule has 0 aliphatic rings. The van der Waals surface area contributed by atoms with Crippen LogP contribution in [0.15, 0.2) is 53.5 Å². The van der Waals surface area contributed by atoms with Crippen LogP contribution in [0, 0.1) is 0 Å². The van der Waals surface area contributed by atoms with E-state index in [1.807, 2.05) is 24.3 Å². The Morgan fingerprint density at radius 2 is 1.32 bits per heavy atom. The summed E-state index contributed by atoms with van der Waals surface area (Å²) >= 11 is 5.90. The van der Waals surface area contributed by atoms with Crippen LogP contribution in [0.25, 0.3) is 0 Å². The second kappa shape index (κ2) is 11.3. The molecule has 0 aliphatic carbocycles. The molecule has 0 heterocycles. The van der Waals surface area contributed by atoms with Crippen LogP contribution in [0.4, 0.5) is 0 Å². The summed E-state index contributed by atoms with van der Waals surface area (Å²) in [5.74, 6) is 0.780. The van der Waals surface area contributed by atoms with E-state index in [2.05, 4.69) is 58.9 Å². The summed E-state index contributed by atoms with van der Waals surface area (Å²) in [6, 6.07) is 16.4. The van der Waals surface area contributed by atoms with Gasteiger partial charge in [0, 0.05) is 31.7 Å². The number of rotatable bonds is 6. The van der Waals surface area contributed by atoms with Crippen LogP contribution >= 0.6 is 35.6 Å². The Kier molecular flexibility index (Phi) is 9.85. The van der Waals surface area contributed by atoms with Crippen molar-refractivity contribution in [2.45, 2.75) is 19.6 Å². The Morgan fingerprint density at radius 1 is 0.880 bits per heavy atom. The average molecular weight is 473 g/mol. The van der Waals surface area contributed by atoms with Crippen molar-refractivity contribution in [1.82, 2.24) is 15.5 Å². The number of aliphatic imine (C=N–C) groups is 1. The molecule has 2 aromatic rings. The van der Waals surface area contributed by atoms with Crippen LogP contribution in [0.1, 0.15) is 16.7 Å². The predicted octanol–water partition coefficient (Wildman–Crippen LogP) is 3.88. The lowest BCUT2D eigenvalue weighted by molar-refractivity contribution is 0.402. The summed E-state index contributed by atoms with van der Waals surface area (Å²) in [6.45, 7) is 2.40. The van der Waals surface area contributed by atoms with Crippen molar-refractivity contribution in [1.29, 1.82) is 0 Å². The summed E-state index contributed by atoms with van der Waals surface area (Å²) in [5, 5.41) is 7.38. The maximum absolute atomic E-state index is 5.90. The normalized spacial score (nSPS) is 11.2. The van der Waals surface area contributed by atoms with Gasteiger partial charge in [-0.15, -0.1) is 24.0 Å². The molecule has 0 fully saturated rings. The molecular weight excluding hydrogens is 447 g/mol.